The van der Waals surface area contributed by atoms with Gasteiger partial charge < -0.3 is 4.90 Å². The largest absolute Gasteiger partial charge is 0.328 e. The molecule has 0 saturated carbocycles. The second-order valence-corrected chi connectivity index (χ2v) is 7.64. The Labute approximate surface area is 128 Å². The lowest BCUT2D eigenvalue weighted by Crippen LogP contribution is -2.55. The molecule has 0 spiro atoms. The molecule has 1 aromatic heterocycles. The van der Waals surface area contributed by atoms with Gasteiger partial charge in [-0.05, 0) is 7.05 Å². The highest BCUT2D eigenvalue weighted by Gasteiger charge is 2.37. The number of nitrogens with zero attached hydrogens (tertiary/aromatic N) is 4. The average molecular weight is 308 g/mol. The Balaban J connectivity index is 1.92. The number of thiazole rings is 1. The molecule has 0 aromatic carbocycles. The molecule has 0 atom stereocenters. The number of carbonyl (C=O) groups is 2. The molecule has 21 heavy (non-hydrogen) atoms. The Morgan fingerprint density at radius 1 is 1.19 bits per heavy atom. The van der Waals surface area contributed by atoms with E-state index in [4.69, 9.17) is 0 Å². The van der Waals surface area contributed by atoms with Gasteiger partial charge >= 0.3 is 6.03 Å². The van der Waals surface area contributed by atoms with Crippen molar-refractivity contribution < 1.29 is 9.59 Å². The van der Waals surface area contributed by atoms with Crippen LogP contribution in [0, 0.1) is 5.41 Å². The molecule has 1 saturated heterocycles. The molecule has 0 bridgehead atoms. The van der Waals surface area contributed by atoms with E-state index in [1.54, 1.807) is 16.8 Å². The fraction of sp³-hybridized carbons (Fsp3) is 0.643. The summed E-state index contributed by atoms with van der Waals surface area (Å²) >= 11 is 1.47. The predicted octanol–water partition coefficient (Wildman–Crippen LogP) is 1.56. The lowest BCUT2D eigenvalue weighted by atomic mass is 9.77. The molecule has 2 amide bonds. The van der Waals surface area contributed by atoms with Crippen LogP contribution in [-0.2, 0) is 17.6 Å². The molecule has 0 unspecified atom stereocenters. The summed E-state index contributed by atoms with van der Waals surface area (Å²) in [5, 5.41) is 0.703. The lowest BCUT2D eigenvalue weighted by Gasteiger charge is -2.37. The first kappa shape index (κ1) is 14.5. The van der Waals surface area contributed by atoms with Crippen molar-refractivity contribution in [1.29, 1.82) is 0 Å². The number of Topliss-reactive ketones (excluding diaryl/α,β-unsaturated/α-hetero) is 1. The fourth-order valence-corrected chi connectivity index (χ4v) is 3.84. The van der Waals surface area contributed by atoms with Crippen LogP contribution in [0.4, 0.5) is 9.93 Å². The number of hydrogen-bond acceptors (Lipinski definition) is 5. The van der Waals surface area contributed by atoms with Gasteiger partial charge in [0, 0.05) is 30.2 Å². The molecule has 3 rings (SSSR count). The van der Waals surface area contributed by atoms with E-state index in [0.29, 0.717) is 31.3 Å². The molecule has 7 heteroatoms. The zero-order valence-corrected chi connectivity index (χ0v) is 13.7. The van der Waals surface area contributed by atoms with Gasteiger partial charge in [-0.2, -0.15) is 0 Å². The maximum atomic E-state index is 12.3. The Bertz CT molecular complexity index is 610. The topological polar surface area (TPSA) is 56.8 Å². The number of hydrogen-bond donors (Lipinski definition) is 0. The van der Waals surface area contributed by atoms with E-state index in [0.717, 1.165) is 10.6 Å². The highest BCUT2D eigenvalue weighted by Crippen LogP contribution is 2.37. The summed E-state index contributed by atoms with van der Waals surface area (Å²) in [6.45, 7) is 5.08. The number of carbonyl (C=O) groups excluding carboxylic acids is 2. The number of amides is 2. The summed E-state index contributed by atoms with van der Waals surface area (Å²) in [6.07, 6.45) is 1.10. The van der Waals surface area contributed by atoms with Crippen molar-refractivity contribution in [3.63, 3.8) is 0 Å². The first-order valence-electron chi connectivity index (χ1n) is 7.01. The Hall–Kier alpha value is -1.47. The molecule has 2 aliphatic rings. The Morgan fingerprint density at radius 2 is 1.90 bits per heavy atom. The van der Waals surface area contributed by atoms with Gasteiger partial charge in [-0.25, -0.2) is 9.78 Å². The number of anilines is 1. The molecule has 0 N–H and O–H groups in total. The summed E-state index contributed by atoms with van der Waals surface area (Å²) in [6, 6.07) is -0.0372. The van der Waals surface area contributed by atoms with E-state index >= 15 is 0 Å². The third-order valence-corrected chi connectivity index (χ3v) is 5.20. The minimum atomic E-state index is -0.349. The van der Waals surface area contributed by atoms with Crippen molar-refractivity contribution in [2.75, 3.05) is 32.3 Å². The molecule has 1 aliphatic heterocycles. The van der Waals surface area contributed by atoms with E-state index < -0.39 is 0 Å². The smallest absolute Gasteiger partial charge is 0.314 e. The zero-order valence-electron chi connectivity index (χ0n) is 12.8. The van der Waals surface area contributed by atoms with Crippen LogP contribution < -0.4 is 4.90 Å². The highest BCUT2D eigenvalue weighted by atomic mass is 32.1. The van der Waals surface area contributed by atoms with Gasteiger partial charge in [0.05, 0.1) is 19.0 Å². The van der Waals surface area contributed by atoms with Gasteiger partial charge in [0.25, 0.3) is 0 Å². The van der Waals surface area contributed by atoms with Crippen molar-refractivity contribution in [3.8, 4) is 0 Å². The van der Waals surface area contributed by atoms with Crippen LogP contribution in [0.2, 0.25) is 0 Å². The van der Waals surface area contributed by atoms with Crippen LogP contribution in [0.5, 0.6) is 0 Å². The van der Waals surface area contributed by atoms with Gasteiger partial charge in [-0.3, -0.25) is 14.6 Å². The molecular formula is C14H20N4O2S. The second-order valence-electron chi connectivity index (χ2n) is 6.57. The maximum Gasteiger partial charge on any atom is 0.328 e. The number of aromatic nitrogens is 1. The van der Waals surface area contributed by atoms with Crippen LogP contribution >= 0.6 is 11.3 Å². The van der Waals surface area contributed by atoms with E-state index in [9.17, 15) is 9.59 Å². The van der Waals surface area contributed by atoms with Gasteiger partial charge in [0.2, 0.25) is 0 Å². The third kappa shape index (κ3) is 2.44. The van der Waals surface area contributed by atoms with Gasteiger partial charge in [0.1, 0.15) is 5.78 Å². The predicted molar refractivity (Wildman–Crippen MR) is 81.4 cm³/mol. The van der Waals surface area contributed by atoms with Crippen LogP contribution in [0.3, 0.4) is 0 Å². The maximum absolute atomic E-state index is 12.3. The molecular weight excluding hydrogens is 288 g/mol. The standard InChI is InChI=1S/C14H20N4O2S/c1-14(2)6-9-10(5-11(14)19)21-12(15-9)18-8-16(3)7-17(4)13(18)20/h5-8H2,1-4H3. The SMILES string of the molecule is CN1CN(C)C(=O)N(c2nc3c(s2)CC(=O)C(C)(C)C3)C1. The molecule has 6 nitrogen and oxygen atoms in total. The monoisotopic (exact) mass is 308 g/mol. The van der Waals surface area contributed by atoms with E-state index in [1.807, 2.05) is 20.9 Å². The summed E-state index contributed by atoms with van der Waals surface area (Å²) < 4.78 is 0. The summed E-state index contributed by atoms with van der Waals surface area (Å²) in [5.74, 6) is 0.254. The number of rotatable bonds is 1. The molecule has 1 aliphatic carbocycles. The van der Waals surface area contributed by atoms with Gasteiger partial charge in [-0.1, -0.05) is 13.8 Å². The van der Waals surface area contributed by atoms with Crippen molar-refractivity contribution in [2.24, 2.45) is 5.41 Å². The quantitative estimate of drug-likeness (QED) is 0.790. The van der Waals surface area contributed by atoms with Gasteiger partial charge in [0.15, 0.2) is 5.13 Å². The summed E-state index contributed by atoms with van der Waals surface area (Å²) in [7, 11) is 3.75. The first-order chi connectivity index (χ1) is 9.78. The van der Waals surface area contributed by atoms with Gasteiger partial charge in [-0.15, -0.1) is 11.3 Å². The van der Waals surface area contributed by atoms with Crippen LogP contribution in [0.15, 0.2) is 0 Å². The number of urea groups is 1. The second kappa shape index (κ2) is 4.78. The van der Waals surface area contributed by atoms with Crippen molar-refractivity contribution >= 4 is 28.3 Å². The Kier molecular flexibility index (Phi) is 3.29. The fourth-order valence-electron chi connectivity index (χ4n) is 2.78. The zero-order chi connectivity index (χ0) is 15.4. The van der Waals surface area contributed by atoms with Crippen molar-refractivity contribution in [3.05, 3.63) is 10.6 Å². The normalized spacial score (nSPS) is 22.7. The summed E-state index contributed by atoms with van der Waals surface area (Å²) in [5.41, 5.74) is 0.626. The van der Waals surface area contributed by atoms with E-state index in [1.165, 1.54) is 11.3 Å². The minimum absolute atomic E-state index is 0.0372. The molecule has 1 fully saturated rings. The van der Waals surface area contributed by atoms with Crippen molar-refractivity contribution in [2.45, 2.75) is 26.7 Å². The molecule has 0 radical (unpaired) electrons. The highest BCUT2D eigenvalue weighted by molar-refractivity contribution is 7.16. The average Bonchev–Trinajstić information content (AvgIpc) is 2.76. The Morgan fingerprint density at radius 3 is 2.62 bits per heavy atom. The molecule has 2 heterocycles. The van der Waals surface area contributed by atoms with E-state index in [2.05, 4.69) is 9.88 Å². The molecule has 114 valence electrons. The van der Waals surface area contributed by atoms with E-state index in [-0.39, 0.29) is 17.2 Å². The molecule has 1 aromatic rings. The van der Waals surface area contributed by atoms with Crippen molar-refractivity contribution in [1.82, 2.24) is 14.8 Å². The lowest BCUT2D eigenvalue weighted by molar-refractivity contribution is -0.127. The number of ketones is 1. The van der Waals surface area contributed by atoms with Crippen LogP contribution in [0.25, 0.3) is 0 Å². The third-order valence-electron chi connectivity index (χ3n) is 4.08. The number of fused-ring (bicyclic) bond motifs is 1. The van der Waals surface area contributed by atoms with Crippen LogP contribution in [0.1, 0.15) is 24.4 Å². The van der Waals surface area contributed by atoms with Crippen LogP contribution in [-0.4, -0.2) is 54.0 Å². The first-order valence-corrected chi connectivity index (χ1v) is 7.82. The minimum Gasteiger partial charge on any atom is -0.314 e. The summed E-state index contributed by atoms with van der Waals surface area (Å²) in [4.78, 5) is 35.5.